The highest BCUT2D eigenvalue weighted by molar-refractivity contribution is 7.99. The van der Waals surface area contributed by atoms with Crippen molar-refractivity contribution in [1.82, 2.24) is 29.8 Å². The van der Waals surface area contributed by atoms with E-state index in [2.05, 4.69) is 15.2 Å². The summed E-state index contributed by atoms with van der Waals surface area (Å²) in [5.74, 6) is 7.39. The second kappa shape index (κ2) is 6.03. The maximum atomic E-state index is 6.05. The quantitative estimate of drug-likeness (QED) is 0.430. The van der Waals surface area contributed by atoms with Crippen LogP contribution in [0.1, 0.15) is 22.7 Å². The van der Waals surface area contributed by atoms with Gasteiger partial charge in [0.1, 0.15) is 15.7 Å². The summed E-state index contributed by atoms with van der Waals surface area (Å²) in [6, 6.07) is 3.86. The average molecular weight is 381 g/mol. The van der Waals surface area contributed by atoms with Gasteiger partial charge in [-0.2, -0.15) is 0 Å². The Labute approximate surface area is 157 Å². The van der Waals surface area contributed by atoms with Crippen LogP contribution in [0.5, 0.6) is 0 Å². The van der Waals surface area contributed by atoms with Gasteiger partial charge in [-0.05, 0) is 55.6 Å². The lowest BCUT2D eigenvalue weighted by molar-refractivity contribution is 0.824. The summed E-state index contributed by atoms with van der Waals surface area (Å²) in [7, 11) is 0. The van der Waals surface area contributed by atoms with Gasteiger partial charge in [0.15, 0.2) is 5.82 Å². The van der Waals surface area contributed by atoms with Gasteiger partial charge in [0.25, 0.3) is 0 Å². The van der Waals surface area contributed by atoms with Gasteiger partial charge in [0.2, 0.25) is 5.16 Å². The highest BCUT2D eigenvalue weighted by Gasteiger charge is 2.24. The Bertz CT molecular complexity index is 1120. The molecule has 0 spiro atoms. The number of aryl methyl sites for hydroxylation is 3. The summed E-state index contributed by atoms with van der Waals surface area (Å²) in [5, 5.41) is 10.9. The lowest BCUT2D eigenvalue weighted by atomic mass is 10.2. The van der Waals surface area contributed by atoms with Crippen molar-refractivity contribution in [2.75, 3.05) is 5.84 Å². The monoisotopic (exact) mass is 381 g/mol. The van der Waals surface area contributed by atoms with Gasteiger partial charge in [-0.1, -0.05) is 0 Å². The maximum absolute atomic E-state index is 6.05. The molecule has 0 aromatic carbocycles. The molecule has 2 N–H and O–H groups in total. The van der Waals surface area contributed by atoms with Crippen LogP contribution < -0.4 is 5.84 Å². The summed E-state index contributed by atoms with van der Waals surface area (Å²) >= 11 is 3.21. The van der Waals surface area contributed by atoms with Crippen molar-refractivity contribution in [2.45, 2.75) is 36.4 Å². The first-order chi connectivity index (χ1) is 12.7. The predicted molar refractivity (Wildman–Crippen MR) is 102 cm³/mol. The minimum absolute atomic E-state index is 0.623. The van der Waals surface area contributed by atoms with Gasteiger partial charge in [0, 0.05) is 28.2 Å². The number of nitrogens with zero attached hydrogens (tertiary/aromatic N) is 6. The fourth-order valence-electron chi connectivity index (χ4n) is 3.17. The number of thiophene rings is 1. The molecule has 4 heterocycles. The molecule has 0 unspecified atom stereocenters. The fourth-order valence-corrected chi connectivity index (χ4v) is 5.43. The van der Waals surface area contributed by atoms with E-state index in [1.165, 1.54) is 33.3 Å². The Morgan fingerprint density at radius 3 is 2.92 bits per heavy atom. The number of aromatic nitrogens is 6. The van der Waals surface area contributed by atoms with Crippen LogP contribution in [0.15, 0.2) is 34.7 Å². The first-order valence-corrected chi connectivity index (χ1v) is 9.91. The molecule has 0 atom stereocenters. The minimum Gasteiger partial charge on any atom is -0.336 e. The highest BCUT2D eigenvalue weighted by atomic mass is 32.2. The van der Waals surface area contributed by atoms with Crippen LogP contribution in [0.25, 0.3) is 21.6 Å². The van der Waals surface area contributed by atoms with E-state index in [4.69, 9.17) is 15.8 Å². The lowest BCUT2D eigenvalue weighted by Crippen LogP contribution is -2.11. The van der Waals surface area contributed by atoms with Crippen molar-refractivity contribution in [2.24, 2.45) is 0 Å². The van der Waals surface area contributed by atoms with Crippen molar-refractivity contribution in [3.05, 3.63) is 40.8 Å². The Kier molecular flexibility index (Phi) is 3.64. The van der Waals surface area contributed by atoms with Crippen LogP contribution in [0.3, 0.4) is 0 Å². The van der Waals surface area contributed by atoms with Gasteiger partial charge in [0.05, 0.1) is 0 Å². The van der Waals surface area contributed by atoms with Crippen molar-refractivity contribution in [1.29, 1.82) is 0 Å². The molecule has 9 heteroatoms. The molecule has 0 saturated carbocycles. The van der Waals surface area contributed by atoms with Crippen LogP contribution in [-0.4, -0.2) is 29.8 Å². The van der Waals surface area contributed by atoms with E-state index >= 15 is 0 Å². The standard InChI is InChI=1S/C17H15N7S2/c1-9-22-23-17(24(9)18)26-16-13-11-5-2-6-12(11)25-15(13)20-14(21-16)10-4-3-7-19-8-10/h3-4,7-8H,2,5-6,18H2,1H3. The van der Waals surface area contributed by atoms with E-state index < -0.39 is 0 Å². The van der Waals surface area contributed by atoms with Crippen LogP contribution in [-0.2, 0) is 12.8 Å². The molecule has 5 rings (SSSR count). The number of nitrogens with two attached hydrogens (primary N) is 1. The second-order valence-corrected chi connectivity index (χ2v) is 8.17. The van der Waals surface area contributed by atoms with E-state index in [0.29, 0.717) is 16.8 Å². The normalized spacial score (nSPS) is 13.4. The van der Waals surface area contributed by atoms with E-state index in [0.717, 1.165) is 33.6 Å². The molecule has 0 radical (unpaired) electrons. The summed E-state index contributed by atoms with van der Waals surface area (Å²) in [6.45, 7) is 1.83. The SMILES string of the molecule is Cc1nnc(Sc2nc(-c3cccnc3)nc3sc4c(c23)CCC4)n1N. The fraction of sp³-hybridized carbons (Fsp3) is 0.235. The molecular weight excluding hydrogens is 366 g/mol. The van der Waals surface area contributed by atoms with Crippen molar-refractivity contribution in [3.63, 3.8) is 0 Å². The smallest absolute Gasteiger partial charge is 0.216 e. The molecule has 0 saturated heterocycles. The Balaban J connectivity index is 1.72. The third kappa shape index (κ3) is 2.46. The third-order valence-electron chi connectivity index (χ3n) is 4.47. The zero-order chi connectivity index (χ0) is 17.7. The summed E-state index contributed by atoms with van der Waals surface area (Å²) < 4.78 is 1.49. The first kappa shape index (κ1) is 15.7. The van der Waals surface area contributed by atoms with Gasteiger partial charge < -0.3 is 5.84 Å². The Morgan fingerprint density at radius 2 is 2.15 bits per heavy atom. The molecular formula is C17H15N7S2. The lowest BCUT2D eigenvalue weighted by Gasteiger charge is -2.07. The molecule has 4 aromatic rings. The summed E-state index contributed by atoms with van der Waals surface area (Å²) in [5.41, 5.74) is 2.28. The number of pyridine rings is 1. The molecule has 0 aliphatic heterocycles. The first-order valence-electron chi connectivity index (χ1n) is 8.28. The van der Waals surface area contributed by atoms with Gasteiger partial charge >= 0.3 is 0 Å². The van der Waals surface area contributed by atoms with Crippen LogP contribution in [0.4, 0.5) is 0 Å². The number of hydrogen-bond acceptors (Lipinski definition) is 8. The molecule has 0 bridgehead atoms. The van der Waals surface area contributed by atoms with Crippen molar-refractivity contribution >= 4 is 33.3 Å². The maximum Gasteiger partial charge on any atom is 0.216 e. The third-order valence-corrected chi connectivity index (χ3v) is 6.61. The van der Waals surface area contributed by atoms with E-state index in [-0.39, 0.29) is 0 Å². The molecule has 0 fully saturated rings. The molecule has 1 aliphatic rings. The summed E-state index contributed by atoms with van der Waals surface area (Å²) in [4.78, 5) is 16.3. The molecule has 130 valence electrons. The topological polar surface area (TPSA) is 95.4 Å². The van der Waals surface area contributed by atoms with E-state index in [1.54, 1.807) is 23.7 Å². The van der Waals surface area contributed by atoms with Gasteiger partial charge in [-0.25, -0.2) is 14.6 Å². The molecule has 26 heavy (non-hydrogen) atoms. The van der Waals surface area contributed by atoms with Gasteiger partial charge in [-0.3, -0.25) is 4.98 Å². The number of rotatable bonds is 3. The predicted octanol–water partition coefficient (Wildman–Crippen LogP) is 3.01. The van der Waals surface area contributed by atoms with Crippen molar-refractivity contribution in [3.8, 4) is 11.4 Å². The van der Waals surface area contributed by atoms with Crippen LogP contribution in [0, 0.1) is 6.92 Å². The van der Waals surface area contributed by atoms with E-state index in [9.17, 15) is 0 Å². The number of fused-ring (bicyclic) bond motifs is 3. The van der Waals surface area contributed by atoms with Crippen LogP contribution >= 0.6 is 23.1 Å². The second-order valence-electron chi connectivity index (χ2n) is 6.13. The highest BCUT2D eigenvalue weighted by Crippen LogP contribution is 2.42. The number of nitrogen functional groups attached to an aromatic ring is 1. The molecule has 1 aliphatic carbocycles. The van der Waals surface area contributed by atoms with Crippen molar-refractivity contribution < 1.29 is 0 Å². The van der Waals surface area contributed by atoms with E-state index in [1.807, 2.05) is 19.1 Å². The Morgan fingerprint density at radius 1 is 1.23 bits per heavy atom. The minimum atomic E-state index is 0.623. The zero-order valence-electron chi connectivity index (χ0n) is 14.0. The number of hydrogen-bond donors (Lipinski definition) is 1. The largest absolute Gasteiger partial charge is 0.336 e. The van der Waals surface area contributed by atoms with Gasteiger partial charge in [-0.15, -0.1) is 21.5 Å². The average Bonchev–Trinajstić information content (AvgIpc) is 3.33. The zero-order valence-corrected chi connectivity index (χ0v) is 15.6. The Hall–Kier alpha value is -2.52. The summed E-state index contributed by atoms with van der Waals surface area (Å²) in [6.07, 6.45) is 6.92. The molecule has 0 amide bonds. The molecule has 7 nitrogen and oxygen atoms in total. The molecule has 4 aromatic heterocycles. The van der Waals surface area contributed by atoms with Crippen LogP contribution in [0.2, 0.25) is 0 Å².